The zero-order chi connectivity index (χ0) is 27.0. The number of aliphatic hydroxyl groups excluding tert-OH is 1. The van der Waals surface area contributed by atoms with Crippen molar-refractivity contribution in [2.45, 2.75) is 43.1 Å². The van der Waals surface area contributed by atoms with Crippen LogP contribution in [0.4, 0.5) is 26.3 Å². The summed E-state index contributed by atoms with van der Waals surface area (Å²) in [6, 6.07) is 18.1. The van der Waals surface area contributed by atoms with Gasteiger partial charge < -0.3 is 9.84 Å². The summed E-state index contributed by atoms with van der Waals surface area (Å²) in [6.45, 7) is 0.927. The van der Waals surface area contributed by atoms with Gasteiger partial charge in [0.1, 0.15) is 6.61 Å². The van der Waals surface area contributed by atoms with E-state index in [4.69, 9.17) is 4.74 Å². The number of rotatable bonds is 6. The summed E-state index contributed by atoms with van der Waals surface area (Å²) in [4.78, 5) is 11.3. The highest BCUT2D eigenvalue weighted by atomic mass is 19.4. The molecular formula is C28H24F6O3. The van der Waals surface area contributed by atoms with E-state index in [9.17, 15) is 36.2 Å². The average molecular weight is 522 g/mol. The van der Waals surface area contributed by atoms with Crippen molar-refractivity contribution in [1.82, 2.24) is 0 Å². The van der Waals surface area contributed by atoms with Crippen molar-refractivity contribution in [2.75, 3.05) is 6.61 Å². The van der Waals surface area contributed by atoms with Crippen LogP contribution in [-0.4, -0.2) is 23.8 Å². The zero-order valence-corrected chi connectivity index (χ0v) is 19.7. The van der Waals surface area contributed by atoms with Crippen molar-refractivity contribution in [3.8, 4) is 0 Å². The van der Waals surface area contributed by atoms with Crippen LogP contribution in [0.25, 0.3) is 0 Å². The highest BCUT2D eigenvalue weighted by Gasteiger charge is 2.58. The summed E-state index contributed by atoms with van der Waals surface area (Å²) < 4.78 is 84.6. The molecule has 0 radical (unpaired) electrons. The predicted octanol–water partition coefficient (Wildman–Crippen LogP) is 6.74. The van der Waals surface area contributed by atoms with Crippen LogP contribution in [-0.2, 0) is 27.3 Å². The molecule has 1 saturated carbocycles. The molecule has 1 fully saturated rings. The fourth-order valence-electron chi connectivity index (χ4n) is 5.37. The Morgan fingerprint density at radius 2 is 1.32 bits per heavy atom. The molecule has 9 heteroatoms. The standard InChI is InChI=1S/C28H24F6O3/c1-17(35)37-16-24(36)23-15-26(25(23)18-5-3-2-4-6-18,19-7-11-21(12-8-19)27(29,30)31)20-9-13-22(14-10-20)28(32,33)34/h2-14,23-25,36H,15-16H2,1H3/t23-,24?,25-/m0/s1. The fraction of sp³-hybridized carbons (Fsp3) is 0.321. The number of halogens is 6. The molecule has 1 N–H and O–H groups in total. The van der Waals surface area contributed by atoms with E-state index >= 15 is 0 Å². The van der Waals surface area contributed by atoms with Gasteiger partial charge in [0.05, 0.1) is 17.2 Å². The Kier molecular flexibility index (Phi) is 7.12. The second-order valence-electron chi connectivity index (χ2n) is 9.25. The first-order valence-corrected chi connectivity index (χ1v) is 11.6. The number of alkyl halides is 6. The molecule has 1 unspecified atom stereocenters. The number of benzene rings is 3. The molecular weight excluding hydrogens is 498 g/mol. The number of carbonyl (C=O) groups excluding carboxylic acids is 1. The lowest BCUT2D eigenvalue weighted by Gasteiger charge is -2.58. The Bertz CT molecular complexity index is 1160. The highest BCUT2D eigenvalue weighted by molar-refractivity contribution is 5.65. The number of carbonyl (C=O) groups is 1. The van der Waals surface area contributed by atoms with Crippen molar-refractivity contribution < 1.29 is 41.0 Å². The van der Waals surface area contributed by atoms with Crippen LogP contribution in [0.5, 0.6) is 0 Å². The molecule has 0 saturated heterocycles. The minimum Gasteiger partial charge on any atom is -0.463 e. The van der Waals surface area contributed by atoms with Gasteiger partial charge in [-0.25, -0.2) is 0 Å². The minimum absolute atomic E-state index is 0.214. The summed E-state index contributed by atoms with van der Waals surface area (Å²) in [5.41, 5.74) is -1.02. The zero-order valence-electron chi connectivity index (χ0n) is 19.7. The lowest BCUT2D eigenvalue weighted by Crippen LogP contribution is -2.55. The monoisotopic (exact) mass is 522 g/mol. The normalized spacial score (nSPS) is 20.1. The largest absolute Gasteiger partial charge is 0.463 e. The first kappa shape index (κ1) is 26.7. The number of esters is 1. The number of hydrogen-bond acceptors (Lipinski definition) is 3. The van der Waals surface area contributed by atoms with Crippen LogP contribution in [0.2, 0.25) is 0 Å². The maximum absolute atomic E-state index is 13.3. The molecule has 3 aromatic carbocycles. The quantitative estimate of drug-likeness (QED) is 0.288. The molecule has 0 bridgehead atoms. The summed E-state index contributed by atoms with van der Waals surface area (Å²) in [5.74, 6) is -1.58. The summed E-state index contributed by atoms with van der Waals surface area (Å²) in [6.07, 6.45) is -9.99. The molecule has 1 aliphatic carbocycles. The second kappa shape index (κ2) is 9.85. The molecule has 3 aromatic rings. The third-order valence-corrected chi connectivity index (χ3v) is 7.08. The lowest BCUT2D eigenvalue weighted by molar-refractivity contribution is -0.147. The number of aliphatic hydroxyl groups is 1. The Balaban J connectivity index is 1.86. The van der Waals surface area contributed by atoms with Crippen molar-refractivity contribution >= 4 is 5.97 Å². The molecule has 0 spiro atoms. The SMILES string of the molecule is CC(=O)OCC(O)[C@@H]1CC(c2ccc(C(F)(F)F)cc2)(c2ccc(C(F)(F)F)cc2)[C@H]1c1ccccc1. The van der Waals surface area contributed by atoms with Gasteiger partial charge in [-0.2, -0.15) is 26.3 Å². The van der Waals surface area contributed by atoms with Crippen molar-refractivity contribution in [2.24, 2.45) is 5.92 Å². The molecule has 1 aliphatic rings. The summed E-state index contributed by atoms with van der Waals surface area (Å²) >= 11 is 0. The van der Waals surface area contributed by atoms with E-state index in [1.807, 2.05) is 0 Å². The third kappa shape index (κ3) is 5.23. The molecule has 3 atom stereocenters. The maximum Gasteiger partial charge on any atom is 0.416 e. The highest BCUT2D eigenvalue weighted by Crippen LogP contribution is 2.63. The van der Waals surface area contributed by atoms with Crippen LogP contribution in [0, 0.1) is 5.92 Å². The molecule has 0 aromatic heterocycles. The second-order valence-corrected chi connectivity index (χ2v) is 9.25. The fourth-order valence-corrected chi connectivity index (χ4v) is 5.37. The molecule has 3 nitrogen and oxygen atoms in total. The van der Waals surface area contributed by atoms with Crippen LogP contribution in [0.3, 0.4) is 0 Å². The van der Waals surface area contributed by atoms with Crippen LogP contribution < -0.4 is 0 Å². The van der Waals surface area contributed by atoms with E-state index in [2.05, 4.69) is 0 Å². The van der Waals surface area contributed by atoms with Crippen molar-refractivity contribution in [3.05, 3.63) is 107 Å². The lowest BCUT2D eigenvalue weighted by atomic mass is 9.45. The van der Waals surface area contributed by atoms with Gasteiger partial charge in [0.2, 0.25) is 0 Å². The van der Waals surface area contributed by atoms with Gasteiger partial charge in [-0.05, 0) is 53.3 Å². The van der Waals surface area contributed by atoms with E-state index in [0.29, 0.717) is 11.1 Å². The van der Waals surface area contributed by atoms with Crippen LogP contribution >= 0.6 is 0 Å². The van der Waals surface area contributed by atoms with Gasteiger partial charge in [0.25, 0.3) is 0 Å². The van der Waals surface area contributed by atoms with Gasteiger partial charge >= 0.3 is 18.3 Å². The molecule has 37 heavy (non-hydrogen) atoms. The first-order valence-electron chi connectivity index (χ1n) is 11.6. The minimum atomic E-state index is -4.55. The molecule has 0 amide bonds. The average Bonchev–Trinajstić information content (AvgIpc) is 2.82. The summed E-state index contributed by atoms with van der Waals surface area (Å²) in [7, 11) is 0. The number of hydrogen-bond donors (Lipinski definition) is 1. The molecule has 196 valence electrons. The maximum atomic E-state index is 13.3. The first-order chi connectivity index (χ1) is 17.3. The van der Waals surface area contributed by atoms with Gasteiger partial charge in [-0.15, -0.1) is 0 Å². The van der Waals surface area contributed by atoms with E-state index in [1.165, 1.54) is 31.2 Å². The van der Waals surface area contributed by atoms with Gasteiger partial charge in [0.15, 0.2) is 0 Å². The molecule has 4 rings (SSSR count). The van der Waals surface area contributed by atoms with Crippen molar-refractivity contribution in [3.63, 3.8) is 0 Å². The van der Waals surface area contributed by atoms with E-state index in [-0.39, 0.29) is 13.0 Å². The Morgan fingerprint density at radius 1 is 0.865 bits per heavy atom. The molecule has 0 heterocycles. The third-order valence-electron chi connectivity index (χ3n) is 7.08. The molecule has 0 aliphatic heterocycles. The van der Waals surface area contributed by atoms with E-state index in [0.717, 1.165) is 29.8 Å². The van der Waals surface area contributed by atoms with Crippen LogP contribution in [0.15, 0.2) is 78.9 Å². The van der Waals surface area contributed by atoms with E-state index < -0.39 is 52.8 Å². The topological polar surface area (TPSA) is 46.5 Å². The summed E-state index contributed by atoms with van der Waals surface area (Å²) in [5, 5.41) is 10.9. The smallest absolute Gasteiger partial charge is 0.416 e. The van der Waals surface area contributed by atoms with Crippen LogP contribution in [0.1, 0.15) is 47.1 Å². The number of ether oxygens (including phenoxy) is 1. The Morgan fingerprint density at radius 3 is 1.73 bits per heavy atom. The predicted molar refractivity (Wildman–Crippen MR) is 124 cm³/mol. The van der Waals surface area contributed by atoms with Gasteiger partial charge in [-0.1, -0.05) is 54.6 Å². The Labute approximate surface area is 209 Å². The van der Waals surface area contributed by atoms with Gasteiger partial charge in [0, 0.05) is 18.3 Å². The Hall–Kier alpha value is -3.33. The van der Waals surface area contributed by atoms with E-state index in [1.54, 1.807) is 30.3 Å². The van der Waals surface area contributed by atoms with Crippen molar-refractivity contribution in [1.29, 1.82) is 0 Å². The van der Waals surface area contributed by atoms with Gasteiger partial charge in [-0.3, -0.25) is 4.79 Å².